The minimum Gasteiger partial charge on any atom is -0.398 e. The molecule has 228 valence electrons. The summed E-state index contributed by atoms with van der Waals surface area (Å²) in [5.74, 6) is 0. The molecule has 2 heteroatoms. The summed E-state index contributed by atoms with van der Waals surface area (Å²) in [4.78, 5) is 0. The molecule has 2 nitrogen and oxygen atoms in total. The van der Waals surface area contributed by atoms with E-state index in [2.05, 4.69) is 169 Å². The lowest BCUT2D eigenvalue weighted by molar-refractivity contribution is 0.795. The third kappa shape index (κ3) is 3.45. The maximum Gasteiger partial charge on any atom is 0.0727 e. The number of hydrogen-bond acceptors (Lipinski definition) is 2. The molecule has 1 spiro atoms. The number of nitrogens with two attached hydrogens (primary N) is 1. The standard InChI is InChI=1S/C47H30N2/c48-43-27-42-46(36-16-4-3-15-35(36)43)37-23-22-32(26-41(37)47(42)39-17-7-5-13-33(39)34-14-6-8-18-40(34)47)49-44-19-9-12-28-20-21-31-24-29-10-1-2-11-30(29)25-38(31)45(28)44/h1-27,49H,48H2. The normalized spacial score (nSPS) is 13.6. The van der Waals surface area contributed by atoms with Gasteiger partial charge in [-0.05, 0) is 113 Å². The predicted octanol–water partition coefficient (Wildman–Crippen LogP) is 12.0. The van der Waals surface area contributed by atoms with Crippen LogP contribution in [0.1, 0.15) is 22.3 Å². The Bertz CT molecular complexity index is 2830. The molecule has 9 aromatic rings. The summed E-state index contributed by atoms with van der Waals surface area (Å²) in [6, 6.07) is 60.0. The maximum absolute atomic E-state index is 6.91. The van der Waals surface area contributed by atoms with Crippen LogP contribution in [0.5, 0.6) is 0 Å². The van der Waals surface area contributed by atoms with E-state index >= 15 is 0 Å². The SMILES string of the molecule is Nc1cc2c(c3ccccc13)-c1ccc(Nc3cccc4ccc5cc6ccccc6cc5c34)cc1C21c2ccccc2-c2ccccc21. The fourth-order valence-electron chi connectivity index (χ4n) is 9.16. The molecule has 49 heavy (non-hydrogen) atoms. The fourth-order valence-corrected chi connectivity index (χ4v) is 9.16. The quantitative estimate of drug-likeness (QED) is 0.114. The number of nitrogen functional groups attached to an aromatic ring is 1. The summed E-state index contributed by atoms with van der Waals surface area (Å²) in [6.07, 6.45) is 0. The summed E-state index contributed by atoms with van der Waals surface area (Å²) >= 11 is 0. The monoisotopic (exact) mass is 622 g/mol. The van der Waals surface area contributed by atoms with Gasteiger partial charge in [-0.25, -0.2) is 0 Å². The first-order chi connectivity index (χ1) is 24.2. The highest BCUT2D eigenvalue weighted by atomic mass is 14.9. The molecule has 0 saturated carbocycles. The Morgan fingerprint density at radius 3 is 1.86 bits per heavy atom. The molecule has 0 atom stereocenters. The van der Waals surface area contributed by atoms with Crippen molar-refractivity contribution in [2.24, 2.45) is 0 Å². The van der Waals surface area contributed by atoms with Crippen molar-refractivity contribution in [2.45, 2.75) is 5.41 Å². The highest BCUT2D eigenvalue weighted by Crippen LogP contribution is 2.64. The Kier molecular flexibility index (Phi) is 5.22. The molecule has 0 amide bonds. The van der Waals surface area contributed by atoms with E-state index in [0.717, 1.165) is 22.4 Å². The first-order valence-corrected chi connectivity index (χ1v) is 17.0. The van der Waals surface area contributed by atoms with Crippen LogP contribution in [0.15, 0.2) is 164 Å². The largest absolute Gasteiger partial charge is 0.398 e. The predicted molar refractivity (Wildman–Crippen MR) is 207 cm³/mol. The minimum absolute atomic E-state index is 0.488. The summed E-state index contributed by atoms with van der Waals surface area (Å²) in [5, 5.41) is 13.7. The molecule has 11 rings (SSSR count). The van der Waals surface area contributed by atoms with E-state index in [1.807, 2.05) is 0 Å². The third-order valence-electron chi connectivity index (χ3n) is 11.1. The van der Waals surface area contributed by atoms with Gasteiger partial charge in [-0.3, -0.25) is 0 Å². The fraction of sp³-hybridized carbons (Fsp3) is 0.0213. The van der Waals surface area contributed by atoms with Crippen LogP contribution in [0.4, 0.5) is 17.1 Å². The van der Waals surface area contributed by atoms with E-state index in [0.29, 0.717) is 0 Å². The number of fused-ring (bicyclic) bond motifs is 16. The zero-order valence-electron chi connectivity index (χ0n) is 26.7. The molecule has 0 aliphatic heterocycles. The second-order valence-electron chi connectivity index (χ2n) is 13.6. The molecular formula is C47H30N2. The summed E-state index contributed by atoms with van der Waals surface area (Å²) in [5.41, 5.74) is 19.7. The van der Waals surface area contributed by atoms with Crippen LogP contribution in [-0.4, -0.2) is 0 Å². The lowest BCUT2D eigenvalue weighted by Crippen LogP contribution is -2.26. The Morgan fingerprint density at radius 1 is 0.408 bits per heavy atom. The molecule has 0 bridgehead atoms. The number of nitrogens with one attached hydrogen (secondary N) is 1. The Labute approximate surface area is 284 Å². The van der Waals surface area contributed by atoms with Gasteiger partial charge in [-0.2, -0.15) is 0 Å². The van der Waals surface area contributed by atoms with Gasteiger partial charge in [0.1, 0.15) is 0 Å². The van der Waals surface area contributed by atoms with Gasteiger partial charge in [0.25, 0.3) is 0 Å². The Morgan fingerprint density at radius 2 is 1.06 bits per heavy atom. The topological polar surface area (TPSA) is 38.0 Å². The average Bonchev–Trinajstić information content (AvgIpc) is 3.61. The van der Waals surface area contributed by atoms with Crippen LogP contribution in [0.2, 0.25) is 0 Å². The summed E-state index contributed by atoms with van der Waals surface area (Å²) in [6.45, 7) is 0. The molecule has 9 aromatic carbocycles. The van der Waals surface area contributed by atoms with E-state index in [1.54, 1.807) is 0 Å². The van der Waals surface area contributed by atoms with Crippen molar-refractivity contribution < 1.29 is 0 Å². The van der Waals surface area contributed by atoms with E-state index in [4.69, 9.17) is 5.73 Å². The van der Waals surface area contributed by atoms with Gasteiger partial charge in [-0.1, -0.05) is 127 Å². The number of benzene rings is 9. The highest BCUT2D eigenvalue weighted by Gasteiger charge is 2.52. The lowest BCUT2D eigenvalue weighted by atomic mass is 9.70. The van der Waals surface area contributed by atoms with Gasteiger partial charge in [0, 0.05) is 27.8 Å². The lowest BCUT2D eigenvalue weighted by Gasteiger charge is -2.31. The second kappa shape index (κ2) is 9.59. The minimum atomic E-state index is -0.488. The van der Waals surface area contributed by atoms with Crippen molar-refractivity contribution in [1.82, 2.24) is 0 Å². The van der Waals surface area contributed by atoms with Crippen molar-refractivity contribution >= 4 is 60.2 Å². The number of rotatable bonds is 2. The molecule has 2 aliphatic carbocycles. The average molecular weight is 623 g/mol. The molecule has 0 aromatic heterocycles. The molecule has 2 aliphatic rings. The molecule has 0 radical (unpaired) electrons. The van der Waals surface area contributed by atoms with Gasteiger partial charge in [-0.15, -0.1) is 0 Å². The van der Waals surface area contributed by atoms with Crippen LogP contribution in [0.3, 0.4) is 0 Å². The van der Waals surface area contributed by atoms with Crippen LogP contribution in [0.25, 0.3) is 65.3 Å². The van der Waals surface area contributed by atoms with Gasteiger partial charge in [0.05, 0.1) is 5.41 Å². The number of hydrogen-bond donors (Lipinski definition) is 2. The molecule has 0 fully saturated rings. The van der Waals surface area contributed by atoms with Crippen LogP contribution >= 0.6 is 0 Å². The molecule has 3 N–H and O–H groups in total. The number of anilines is 3. The van der Waals surface area contributed by atoms with Gasteiger partial charge >= 0.3 is 0 Å². The first kappa shape index (κ1) is 26.7. The smallest absolute Gasteiger partial charge is 0.0727 e. The van der Waals surface area contributed by atoms with Crippen molar-refractivity contribution in [3.63, 3.8) is 0 Å². The van der Waals surface area contributed by atoms with E-state index in [-0.39, 0.29) is 0 Å². The zero-order valence-corrected chi connectivity index (χ0v) is 26.7. The zero-order chi connectivity index (χ0) is 32.3. The van der Waals surface area contributed by atoms with Crippen LogP contribution < -0.4 is 11.1 Å². The van der Waals surface area contributed by atoms with E-state index in [1.165, 1.54) is 82.2 Å². The molecule has 0 heterocycles. The summed E-state index contributed by atoms with van der Waals surface area (Å²) < 4.78 is 0. The third-order valence-corrected chi connectivity index (χ3v) is 11.1. The highest BCUT2D eigenvalue weighted by molar-refractivity contribution is 6.17. The van der Waals surface area contributed by atoms with Crippen molar-refractivity contribution in [3.05, 3.63) is 186 Å². The molecule has 0 unspecified atom stereocenters. The Hall–Kier alpha value is -6.38. The summed E-state index contributed by atoms with van der Waals surface area (Å²) in [7, 11) is 0. The first-order valence-electron chi connectivity index (χ1n) is 17.0. The van der Waals surface area contributed by atoms with E-state index in [9.17, 15) is 0 Å². The molecular weight excluding hydrogens is 593 g/mol. The van der Waals surface area contributed by atoms with Gasteiger partial charge in [0.15, 0.2) is 0 Å². The molecule has 0 saturated heterocycles. The maximum atomic E-state index is 6.91. The van der Waals surface area contributed by atoms with Gasteiger partial charge < -0.3 is 11.1 Å². The van der Waals surface area contributed by atoms with Crippen LogP contribution in [-0.2, 0) is 5.41 Å². The van der Waals surface area contributed by atoms with Crippen molar-refractivity contribution in [1.29, 1.82) is 0 Å². The van der Waals surface area contributed by atoms with Crippen molar-refractivity contribution in [3.8, 4) is 22.3 Å². The van der Waals surface area contributed by atoms with Crippen LogP contribution in [0, 0.1) is 0 Å². The van der Waals surface area contributed by atoms with Crippen molar-refractivity contribution in [2.75, 3.05) is 11.1 Å². The van der Waals surface area contributed by atoms with Gasteiger partial charge in [0.2, 0.25) is 0 Å². The Balaban J connectivity index is 1.19. The van der Waals surface area contributed by atoms with E-state index < -0.39 is 5.41 Å². The second-order valence-corrected chi connectivity index (χ2v) is 13.6.